The predicted molar refractivity (Wildman–Crippen MR) is 70.6 cm³/mol. The van der Waals surface area contributed by atoms with E-state index < -0.39 is 0 Å². The molecule has 0 aliphatic heterocycles. The SMILES string of the molecule is CCCCCOc1ccc([C@H](C)N)cc1OC. The van der Waals surface area contributed by atoms with Gasteiger partial charge in [-0.1, -0.05) is 25.8 Å². The Morgan fingerprint density at radius 3 is 2.59 bits per heavy atom. The molecule has 0 unspecified atom stereocenters. The molecule has 1 aromatic carbocycles. The minimum Gasteiger partial charge on any atom is -0.493 e. The summed E-state index contributed by atoms with van der Waals surface area (Å²) in [6, 6.07) is 5.88. The van der Waals surface area contributed by atoms with Crippen molar-refractivity contribution in [1.29, 1.82) is 0 Å². The van der Waals surface area contributed by atoms with Gasteiger partial charge in [0.05, 0.1) is 13.7 Å². The van der Waals surface area contributed by atoms with E-state index in [1.807, 2.05) is 25.1 Å². The molecule has 0 bridgehead atoms. The number of nitrogens with two attached hydrogens (primary N) is 1. The van der Waals surface area contributed by atoms with Gasteiger partial charge in [0, 0.05) is 6.04 Å². The minimum absolute atomic E-state index is 0.0121. The van der Waals surface area contributed by atoms with Crippen LogP contribution >= 0.6 is 0 Å². The predicted octanol–water partition coefficient (Wildman–Crippen LogP) is 3.28. The third-order valence-electron chi connectivity index (χ3n) is 2.72. The second kappa shape index (κ2) is 7.17. The van der Waals surface area contributed by atoms with E-state index in [1.165, 1.54) is 12.8 Å². The fourth-order valence-electron chi connectivity index (χ4n) is 1.62. The van der Waals surface area contributed by atoms with Crippen molar-refractivity contribution in [2.24, 2.45) is 5.73 Å². The molecule has 0 aromatic heterocycles. The normalized spacial score (nSPS) is 12.2. The summed E-state index contributed by atoms with van der Waals surface area (Å²) in [5, 5.41) is 0. The Bertz CT molecular complexity index is 337. The van der Waals surface area contributed by atoms with Crippen LogP contribution in [0, 0.1) is 0 Å². The van der Waals surface area contributed by atoms with Crippen LogP contribution in [-0.2, 0) is 0 Å². The quantitative estimate of drug-likeness (QED) is 0.740. The zero-order chi connectivity index (χ0) is 12.7. The van der Waals surface area contributed by atoms with Gasteiger partial charge in [0.2, 0.25) is 0 Å². The van der Waals surface area contributed by atoms with Crippen LogP contribution in [-0.4, -0.2) is 13.7 Å². The van der Waals surface area contributed by atoms with Crippen LogP contribution in [0.5, 0.6) is 11.5 Å². The number of hydrogen-bond acceptors (Lipinski definition) is 3. The van der Waals surface area contributed by atoms with Gasteiger partial charge in [-0.3, -0.25) is 0 Å². The number of methoxy groups -OCH3 is 1. The van der Waals surface area contributed by atoms with Crippen molar-refractivity contribution < 1.29 is 9.47 Å². The molecule has 96 valence electrons. The van der Waals surface area contributed by atoms with Crippen LogP contribution in [0.3, 0.4) is 0 Å². The lowest BCUT2D eigenvalue weighted by molar-refractivity contribution is 0.285. The highest BCUT2D eigenvalue weighted by atomic mass is 16.5. The fourth-order valence-corrected chi connectivity index (χ4v) is 1.62. The summed E-state index contributed by atoms with van der Waals surface area (Å²) >= 11 is 0. The van der Waals surface area contributed by atoms with Crippen molar-refractivity contribution in [1.82, 2.24) is 0 Å². The van der Waals surface area contributed by atoms with Crippen LogP contribution < -0.4 is 15.2 Å². The first kappa shape index (κ1) is 13.8. The third-order valence-corrected chi connectivity index (χ3v) is 2.72. The number of hydrogen-bond donors (Lipinski definition) is 1. The number of ether oxygens (including phenoxy) is 2. The molecule has 0 radical (unpaired) electrons. The lowest BCUT2D eigenvalue weighted by atomic mass is 10.1. The van der Waals surface area contributed by atoms with Crippen molar-refractivity contribution in [2.45, 2.75) is 39.2 Å². The molecule has 1 aromatic rings. The lowest BCUT2D eigenvalue weighted by Gasteiger charge is -2.13. The lowest BCUT2D eigenvalue weighted by Crippen LogP contribution is -2.06. The van der Waals surface area contributed by atoms with Crippen LogP contribution in [0.1, 0.15) is 44.7 Å². The highest BCUT2D eigenvalue weighted by Crippen LogP contribution is 2.29. The molecule has 1 atom stereocenters. The second-order valence-corrected chi connectivity index (χ2v) is 4.25. The average molecular weight is 237 g/mol. The molecule has 1 rings (SSSR count). The van der Waals surface area contributed by atoms with Crippen molar-refractivity contribution in [3.63, 3.8) is 0 Å². The molecule has 17 heavy (non-hydrogen) atoms. The molecule has 3 heteroatoms. The first-order valence-electron chi connectivity index (χ1n) is 6.25. The molecule has 0 saturated heterocycles. The van der Waals surface area contributed by atoms with E-state index >= 15 is 0 Å². The van der Waals surface area contributed by atoms with Crippen LogP contribution in [0.15, 0.2) is 18.2 Å². The molecular weight excluding hydrogens is 214 g/mol. The topological polar surface area (TPSA) is 44.5 Å². The van der Waals surface area contributed by atoms with E-state index in [0.29, 0.717) is 0 Å². The van der Waals surface area contributed by atoms with Gasteiger partial charge < -0.3 is 15.2 Å². The van der Waals surface area contributed by atoms with E-state index in [1.54, 1.807) is 7.11 Å². The summed E-state index contributed by atoms with van der Waals surface area (Å²) in [5.41, 5.74) is 6.89. The maximum Gasteiger partial charge on any atom is 0.161 e. The Kier molecular flexibility index (Phi) is 5.84. The molecule has 0 fully saturated rings. The highest BCUT2D eigenvalue weighted by Gasteiger charge is 2.07. The minimum atomic E-state index is 0.0121. The first-order valence-corrected chi connectivity index (χ1v) is 6.25. The van der Waals surface area contributed by atoms with Crippen LogP contribution in [0.25, 0.3) is 0 Å². The first-order chi connectivity index (χ1) is 8.19. The van der Waals surface area contributed by atoms with Gasteiger partial charge in [0.1, 0.15) is 0 Å². The van der Waals surface area contributed by atoms with Gasteiger partial charge in [0.15, 0.2) is 11.5 Å². The van der Waals surface area contributed by atoms with Gasteiger partial charge in [-0.25, -0.2) is 0 Å². The van der Waals surface area contributed by atoms with E-state index in [9.17, 15) is 0 Å². The zero-order valence-corrected chi connectivity index (χ0v) is 11.0. The van der Waals surface area contributed by atoms with Gasteiger partial charge in [0.25, 0.3) is 0 Å². The standard InChI is InChI=1S/C14H23NO2/c1-4-5-6-9-17-13-8-7-12(11(2)15)10-14(13)16-3/h7-8,10-11H,4-6,9,15H2,1-3H3/t11-/m0/s1. The van der Waals surface area contributed by atoms with Gasteiger partial charge in [-0.05, 0) is 31.0 Å². The monoisotopic (exact) mass is 237 g/mol. The molecule has 3 nitrogen and oxygen atoms in total. The summed E-state index contributed by atoms with van der Waals surface area (Å²) in [4.78, 5) is 0. The van der Waals surface area contributed by atoms with Gasteiger partial charge >= 0.3 is 0 Å². The summed E-state index contributed by atoms with van der Waals surface area (Å²) in [6.07, 6.45) is 3.47. The Balaban J connectivity index is 2.65. The van der Waals surface area contributed by atoms with E-state index in [2.05, 4.69) is 6.92 Å². The molecule has 0 amide bonds. The molecule has 0 spiro atoms. The van der Waals surface area contributed by atoms with Crippen molar-refractivity contribution in [3.8, 4) is 11.5 Å². The smallest absolute Gasteiger partial charge is 0.161 e. The van der Waals surface area contributed by atoms with Crippen molar-refractivity contribution in [2.75, 3.05) is 13.7 Å². The Hall–Kier alpha value is -1.22. The molecule has 0 heterocycles. The highest BCUT2D eigenvalue weighted by molar-refractivity contribution is 5.43. The molecule has 0 aliphatic rings. The van der Waals surface area contributed by atoms with Gasteiger partial charge in [-0.2, -0.15) is 0 Å². The summed E-state index contributed by atoms with van der Waals surface area (Å²) in [5.74, 6) is 1.56. The van der Waals surface area contributed by atoms with Crippen molar-refractivity contribution in [3.05, 3.63) is 23.8 Å². The molecule has 0 saturated carbocycles. The molecule has 2 N–H and O–H groups in total. The average Bonchev–Trinajstić information content (AvgIpc) is 2.34. The van der Waals surface area contributed by atoms with Crippen LogP contribution in [0.4, 0.5) is 0 Å². The van der Waals surface area contributed by atoms with Crippen molar-refractivity contribution >= 4 is 0 Å². The second-order valence-electron chi connectivity index (χ2n) is 4.25. The maximum absolute atomic E-state index is 5.83. The van der Waals surface area contributed by atoms with Crippen LogP contribution in [0.2, 0.25) is 0 Å². The maximum atomic E-state index is 5.83. The Morgan fingerprint density at radius 2 is 2.00 bits per heavy atom. The van der Waals surface area contributed by atoms with E-state index in [-0.39, 0.29) is 6.04 Å². The van der Waals surface area contributed by atoms with Gasteiger partial charge in [-0.15, -0.1) is 0 Å². The zero-order valence-electron chi connectivity index (χ0n) is 11.0. The number of rotatable bonds is 7. The van der Waals surface area contributed by atoms with E-state index in [4.69, 9.17) is 15.2 Å². The van der Waals surface area contributed by atoms with E-state index in [0.717, 1.165) is 30.1 Å². The molecule has 0 aliphatic carbocycles. The largest absolute Gasteiger partial charge is 0.493 e. The summed E-state index contributed by atoms with van der Waals surface area (Å²) in [7, 11) is 1.65. The molecular formula is C14H23NO2. The third kappa shape index (κ3) is 4.27. The Morgan fingerprint density at radius 1 is 1.24 bits per heavy atom. The fraction of sp³-hybridized carbons (Fsp3) is 0.571. The summed E-state index contributed by atoms with van der Waals surface area (Å²) in [6.45, 7) is 4.87. The Labute approximate surface area is 104 Å². The number of unbranched alkanes of at least 4 members (excludes halogenated alkanes) is 2. The summed E-state index contributed by atoms with van der Waals surface area (Å²) < 4.78 is 11.0. The number of benzene rings is 1.